The van der Waals surface area contributed by atoms with Crippen molar-refractivity contribution < 1.29 is 9.90 Å². The Morgan fingerprint density at radius 1 is 1.23 bits per heavy atom. The van der Waals surface area contributed by atoms with E-state index in [4.69, 9.17) is 0 Å². The van der Waals surface area contributed by atoms with Crippen molar-refractivity contribution >= 4 is 11.7 Å². The van der Waals surface area contributed by atoms with E-state index < -0.39 is 5.97 Å². The summed E-state index contributed by atoms with van der Waals surface area (Å²) in [7, 11) is 0. The van der Waals surface area contributed by atoms with Gasteiger partial charge in [0.2, 0.25) is 0 Å². The summed E-state index contributed by atoms with van der Waals surface area (Å²) in [6.07, 6.45) is 11.7. The summed E-state index contributed by atoms with van der Waals surface area (Å²) in [5, 5.41) is 12.7. The summed E-state index contributed by atoms with van der Waals surface area (Å²) in [6.45, 7) is 0.907. The third kappa shape index (κ3) is 2.38. The molecule has 1 aromatic heterocycles. The minimum absolute atomic E-state index is 0.331. The number of pyridine rings is 1. The molecular formula is C18H24N2O2. The molecule has 3 aliphatic carbocycles. The van der Waals surface area contributed by atoms with Gasteiger partial charge in [0, 0.05) is 12.7 Å². The lowest BCUT2D eigenvalue weighted by Gasteiger charge is -2.53. The number of nitrogens with zero attached hydrogens (tertiary/aromatic N) is 1. The number of nitrogens with one attached hydrogen (secondary N) is 1. The van der Waals surface area contributed by atoms with Gasteiger partial charge in [-0.05, 0) is 67.8 Å². The number of aromatic nitrogens is 1. The Labute approximate surface area is 131 Å². The van der Waals surface area contributed by atoms with E-state index in [1.807, 2.05) is 0 Å². The van der Waals surface area contributed by atoms with E-state index in [0.717, 1.165) is 36.1 Å². The SMILES string of the molecule is O=C(O)c1ccncc1NCC1C2CCC3CCC(C2)CC31. The number of carboxylic acid groups (broad SMARTS) is 1. The lowest BCUT2D eigenvalue weighted by atomic mass is 9.53. The molecule has 4 rings (SSSR count). The number of carbonyl (C=O) groups is 1. The number of carboxylic acids is 1. The smallest absolute Gasteiger partial charge is 0.337 e. The molecule has 0 amide bonds. The Morgan fingerprint density at radius 2 is 2.05 bits per heavy atom. The van der Waals surface area contributed by atoms with Crippen LogP contribution in [0.4, 0.5) is 5.69 Å². The molecule has 2 N–H and O–H groups in total. The zero-order valence-corrected chi connectivity index (χ0v) is 12.9. The Balaban J connectivity index is 1.49. The van der Waals surface area contributed by atoms with Crippen LogP contribution in [0.5, 0.6) is 0 Å². The van der Waals surface area contributed by atoms with Crippen LogP contribution in [0.3, 0.4) is 0 Å². The highest BCUT2D eigenvalue weighted by molar-refractivity contribution is 5.93. The quantitative estimate of drug-likeness (QED) is 0.891. The lowest BCUT2D eigenvalue weighted by molar-refractivity contribution is -0.0220. The fourth-order valence-corrected chi connectivity index (χ4v) is 5.44. The standard InChI is InChI=1S/C18H24N2O2/c21-18(22)14-5-6-19-10-17(14)20-9-16-13-4-3-12-2-1-11(7-13)8-15(12)16/h5-6,10-13,15-16,20H,1-4,7-9H2,(H,21,22). The first kappa shape index (κ1) is 14.0. The molecule has 3 saturated carbocycles. The van der Waals surface area contributed by atoms with Crippen LogP contribution in [-0.4, -0.2) is 22.6 Å². The maximum atomic E-state index is 11.3. The molecule has 5 atom stereocenters. The second-order valence-corrected chi connectivity index (χ2v) is 7.45. The van der Waals surface area contributed by atoms with Crippen LogP contribution >= 0.6 is 0 Å². The first-order valence-electron chi connectivity index (χ1n) is 8.63. The van der Waals surface area contributed by atoms with E-state index in [2.05, 4.69) is 10.3 Å². The maximum absolute atomic E-state index is 11.3. The van der Waals surface area contributed by atoms with Crippen LogP contribution in [0, 0.1) is 29.6 Å². The highest BCUT2D eigenvalue weighted by Crippen LogP contribution is 2.55. The van der Waals surface area contributed by atoms with Gasteiger partial charge in [-0.15, -0.1) is 0 Å². The van der Waals surface area contributed by atoms with Gasteiger partial charge in [-0.3, -0.25) is 4.98 Å². The molecule has 118 valence electrons. The molecule has 5 unspecified atom stereocenters. The fourth-order valence-electron chi connectivity index (χ4n) is 5.44. The predicted molar refractivity (Wildman–Crippen MR) is 84.8 cm³/mol. The van der Waals surface area contributed by atoms with Gasteiger partial charge in [0.1, 0.15) is 0 Å². The van der Waals surface area contributed by atoms with Crippen molar-refractivity contribution in [3.63, 3.8) is 0 Å². The Kier molecular flexibility index (Phi) is 3.55. The molecule has 1 heterocycles. The van der Waals surface area contributed by atoms with Crippen molar-refractivity contribution in [2.45, 2.75) is 38.5 Å². The third-order valence-corrected chi connectivity index (χ3v) is 6.44. The van der Waals surface area contributed by atoms with E-state index in [0.29, 0.717) is 11.3 Å². The Bertz CT molecular complexity index is 570. The molecule has 3 fully saturated rings. The zero-order chi connectivity index (χ0) is 15.1. The van der Waals surface area contributed by atoms with E-state index in [-0.39, 0.29) is 0 Å². The second kappa shape index (κ2) is 5.56. The number of anilines is 1. The number of hydrogen-bond acceptors (Lipinski definition) is 3. The zero-order valence-electron chi connectivity index (χ0n) is 12.9. The van der Waals surface area contributed by atoms with Crippen molar-refractivity contribution in [2.75, 3.05) is 11.9 Å². The monoisotopic (exact) mass is 300 g/mol. The summed E-state index contributed by atoms with van der Waals surface area (Å²) in [5.41, 5.74) is 1.00. The highest BCUT2D eigenvalue weighted by Gasteiger charge is 2.47. The van der Waals surface area contributed by atoms with Crippen LogP contribution < -0.4 is 5.32 Å². The van der Waals surface area contributed by atoms with Gasteiger partial charge in [0.25, 0.3) is 0 Å². The maximum Gasteiger partial charge on any atom is 0.337 e. The minimum Gasteiger partial charge on any atom is -0.478 e. The van der Waals surface area contributed by atoms with Gasteiger partial charge >= 0.3 is 5.97 Å². The molecule has 3 aliphatic rings. The molecule has 0 aliphatic heterocycles. The van der Waals surface area contributed by atoms with Crippen molar-refractivity contribution in [1.29, 1.82) is 0 Å². The number of aromatic carboxylic acids is 1. The number of hydrogen-bond donors (Lipinski definition) is 2. The van der Waals surface area contributed by atoms with Crippen molar-refractivity contribution in [3.05, 3.63) is 24.0 Å². The lowest BCUT2D eigenvalue weighted by Crippen LogP contribution is -2.46. The average molecular weight is 300 g/mol. The highest BCUT2D eigenvalue weighted by atomic mass is 16.4. The molecule has 3 bridgehead atoms. The first-order chi connectivity index (χ1) is 10.7. The van der Waals surface area contributed by atoms with E-state index in [9.17, 15) is 9.90 Å². The summed E-state index contributed by atoms with van der Waals surface area (Å²) < 4.78 is 0. The summed E-state index contributed by atoms with van der Waals surface area (Å²) in [4.78, 5) is 15.4. The third-order valence-electron chi connectivity index (χ3n) is 6.44. The molecule has 0 spiro atoms. The van der Waals surface area contributed by atoms with Crippen LogP contribution in [0.25, 0.3) is 0 Å². The van der Waals surface area contributed by atoms with Crippen molar-refractivity contribution in [2.24, 2.45) is 29.6 Å². The Morgan fingerprint density at radius 3 is 2.91 bits per heavy atom. The molecule has 1 aromatic rings. The normalized spacial score (nSPS) is 36.1. The first-order valence-corrected chi connectivity index (χ1v) is 8.63. The van der Waals surface area contributed by atoms with Crippen LogP contribution in [-0.2, 0) is 0 Å². The van der Waals surface area contributed by atoms with Crippen LogP contribution in [0.15, 0.2) is 18.5 Å². The number of fused-ring (bicyclic) bond motifs is 2. The van der Waals surface area contributed by atoms with Gasteiger partial charge in [0.15, 0.2) is 0 Å². The number of rotatable bonds is 4. The van der Waals surface area contributed by atoms with Crippen LogP contribution in [0.2, 0.25) is 0 Å². The molecule has 4 nitrogen and oxygen atoms in total. The molecule has 0 radical (unpaired) electrons. The molecule has 4 heteroatoms. The fraction of sp³-hybridized carbons (Fsp3) is 0.667. The second-order valence-electron chi connectivity index (χ2n) is 7.45. The van der Waals surface area contributed by atoms with Gasteiger partial charge in [-0.1, -0.05) is 6.42 Å². The van der Waals surface area contributed by atoms with E-state index in [1.54, 1.807) is 18.5 Å². The predicted octanol–water partition coefficient (Wildman–Crippen LogP) is 3.65. The largest absolute Gasteiger partial charge is 0.478 e. The minimum atomic E-state index is -0.882. The molecule has 22 heavy (non-hydrogen) atoms. The summed E-state index contributed by atoms with van der Waals surface area (Å²) in [5.74, 6) is 3.44. The van der Waals surface area contributed by atoms with Gasteiger partial charge in [-0.2, -0.15) is 0 Å². The topological polar surface area (TPSA) is 62.2 Å². The van der Waals surface area contributed by atoms with Crippen LogP contribution in [0.1, 0.15) is 48.9 Å². The Hall–Kier alpha value is -1.58. The van der Waals surface area contributed by atoms with E-state index in [1.165, 1.54) is 38.5 Å². The van der Waals surface area contributed by atoms with Gasteiger partial charge in [-0.25, -0.2) is 4.79 Å². The summed E-state index contributed by atoms with van der Waals surface area (Å²) in [6, 6.07) is 1.58. The summed E-state index contributed by atoms with van der Waals surface area (Å²) >= 11 is 0. The van der Waals surface area contributed by atoms with E-state index >= 15 is 0 Å². The van der Waals surface area contributed by atoms with Crippen molar-refractivity contribution in [1.82, 2.24) is 4.98 Å². The molecule has 0 saturated heterocycles. The molecular weight excluding hydrogens is 276 g/mol. The van der Waals surface area contributed by atoms with Crippen molar-refractivity contribution in [3.8, 4) is 0 Å². The average Bonchev–Trinajstić information content (AvgIpc) is 2.51. The van der Waals surface area contributed by atoms with Gasteiger partial charge in [0.05, 0.1) is 17.4 Å². The molecule has 0 aromatic carbocycles. The van der Waals surface area contributed by atoms with Gasteiger partial charge < -0.3 is 10.4 Å².